The smallest absolute Gasteiger partial charge is 0.347 e. The van der Waals surface area contributed by atoms with Gasteiger partial charge in [0.1, 0.15) is 5.75 Å². The summed E-state index contributed by atoms with van der Waals surface area (Å²) in [6.07, 6.45) is 0. The van der Waals surface area contributed by atoms with Crippen molar-refractivity contribution in [1.29, 1.82) is 0 Å². The van der Waals surface area contributed by atoms with Crippen LogP contribution >= 0.6 is 11.6 Å². The molecule has 6 heteroatoms. The largest absolute Gasteiger partial charge is 0.506 e. The average molecular weight is 285 g/mol. The van der Waals surface area contributed by atoms with Crippen LogP contribution in [0.1, 0.15) is 21.4 Å². The maximum Gasteiger partial charge on any atom is 0.347 e. The Balaban J connectivity index is 3.03. The molecule has 0 amide bonds. The number of fused-ring (bicyclic) bond motifs is 1. The molecule has 0 atom stereocenters. The quantitative estimate of drug-likeness (QED) is 0.857. The normalized spacial score (nSPS) is 13.7. The molecular formula is C13H12ClNO4. The summed E-state index contributed by atoms with van der Waals surface area (Å²) in [6, 6.07) is 4.17. The van der Waals surface area contributed by atoms with E-state index in [9.17, 15) is 14.7 Å². The van der Waals surface area contributed by atoms with Gasteiger partial charge in [0.05, 0.1) is 22.5 Å². The lowest BCUT2D eigenvalue weighted by molar-refractivity contribution is 0.0520. The molecule has 5 nitrogen and oxygen atoms in total. The Morgan fingerprint density at radius 3 is 2.95 bits per heavy atom. The van der Waals surface area contributed by atoms with E-state index in [2.05, 4.69) is 0 Å². The molecule has 1 heterocycles. The lowest BCUT2D eigenvalue weighted by atomic mass is 10.1. The molecular weight excluding hydrogens is 270 g/mol. The van der Waals surface area contributed by atoms with Crippen LogP contribution in [0.2, 0.25) is 5.02 Å². The third-order valence-electron chi connectivity index (χ3n) is 2.60. The van der Waals surface area contributed by atoms with Gasteiger partial charge in [0.2, 0.25) is 0 Å². The maximum atomic E-state index is 12.4. The van der Waals surface area contributed by atoms with E-state index in [1.807, 2.05) is 0 Å². The van der Waals surface area contributed by atoms with Gasteiger partial charge in [-0.15, -0.1) is 0 Å². The van der Waals surface area contributed by atoms with Crippen molar-refractivity contribution < 1.29 is 18.8 Å². The molecule has 100 valence electrons. The second kappa shape index (κ2) is 4.93. The fraction of sp³-hybridized carbons (Fsp3) is 0.231. The zero-order valence-electron chi connectivity index (χ0n) is 12.9. The number of carbonyl (C=O) groups excluding carboxylic acids is 1. The highest BCUT2D eigenvalue weighted by Crippen LogP contribution is 2.32. The monoisotopic (exact) mass is 284 g/mol. The predicted molar refractivity (Wildman–Crippen MR) is 71.8 cm³/mol. The molecule has 19 heavy (non-hydrogen) atoms. The molecule has 0 aliphatic heterocycles. The molecule has 0 spiro atoms. The van der Waals surface area contributed by atoms with Crippen molar-refractivity contribution in [1.82, 2.24) is 4.57 Å². The first-order valence-corrected chi connectivity index (χ1v) is 5.81. The fourth-order valence-corrected chi connectivity index (χ4v) is 2.03. The molecule has 1 N–H and O–H groups in total. The minimum atomic E-state index is -2.85. The summed E-state index contributed by atoms with van der Waals surface area (Å²) in [6.45, 7) is -1.37. The maximum absolute atomic E-state index is 12.4. The van der Waals surface area contributed by atoms with E-state index in [0.29, 0.717) is 4.57 Å². The van der Waals surface area contributed by atoms with Gasteiger partial charge in [0, 0.05) is 11.1 Å². The Bertz CT molecular complexity index is 814. The van der Waals surface area contributed by atoms with Crippen molar-refractivity contribution in [2.45, 2.75) is 6.92 Å². The van der Waals surface area contributed by atoms with Crippen LogP contribution in [0.5, 0.6) is 5.75 Å². The van der Waals surface area contributed by atoms with Crippen molar-refractivity contribution in [2.75, 3.05) is 6.61 Å². The molecule has 0 fully saturated rings. The van der Waals surface area contributed by atoms with Crippen LogP contribution in [0.15, 0.2) is 23.0 Å². The first kappa shape index (κ1) is 9.86. The second-order valence-electron chi connectivity index (χ2n) is 3.72. The van der Waals surface area contributed by atoms with Gasteiger partial charge in [-0.1, -0.05) is 17.7 Å². The number of aryl methyl sites for hydroxylation is 1. The van der Waals surface area contributed by atoms with Gasteiger partial charge >= 0.3 is 5.97 Å². The van der Waals surface area contributed by atoms with Crippen LogP contribution in [0, 0.1) is 0 Å². The lowest BCUT2D eigenvalue weighted by Gasteiger charge is -2.11. The molecule has 0 saturated carbocycles. The molecule has 0 saturated heterocycles. The van der Waals surface area contributed by atoms with E-state index in [4.69, 9.17) is 20.5 Å². The lowest BCUT2D eigenvalue weighted by Crippen LogP contribution is -2.26. The molecule has 0 aliphatic rings. The zero-order valence-corrected chi connectivity index (χ0v) is 10.7. The zero-order chi connectivity index (χ0) is 16.7. The Morgan fingerprint density at radius 2 is 2.32 bits per heavy atom. The van der Waals surface area contributed by atoms with Crippen molar-refractivity contribution in [3.63, 3.8) is 0 Å². The standard InChI is InChI=1S/C13H12ClNO4/c1-3-19-13(18)10-11(16)9-7(14)5-4-6-8(9)15(2)12(10)17/h4-6,16H,3H2,1-2H3/i2D3. The second-order valence-corrected chi connectivity index (χ2v) is 4.13. The van der Waals surface area contributed by atoms with Crippen molar-refractivity contribution >= 4 is 28.5 Å². The van der Waals surface area contributed by atoms with Crippen molar-refractivity contribution in [3.8, 4) is 5.75 Å². The van der Waals surface area contributed by atoms with E-state index in [0.717, 1.165) is 0 Å². The summed E-state index contributed by atoms with van der Waals surface area (Å²) in [7, 11) is 0. The summed E-state index contributed by atoms with van der Waals surface area (Å²) >= 11 is 5.98. The molecule has 0 aliphatic carbocycles. The van der Waals surface area contributed by atoms with Crippen molar-refractivity contribution in [3.05, 3.63) is 39.1 Å². The highest BCUT2D eigenvalue weighted by Gasteiger charge is 2.23. The number of carbonyl (C=O) groups is 1. The number of aromatic nitrogens is 1. The van der Waals surface area contributed by atoms with E-state index in [1.54, 1.807) is 0 Å². The summed E-state index contributed by atoms with van der Waals surface area (Å²) < 4.78 is 27.6. The van der Waals surface area contributed by atoms with Gasteiger partial charge in [-0.3, -0.25) is 4.79 Å². The first-order chi connectivity index (χ1) is 10.2. The fourth-order valence-electron chi connectivity index (χ4n) is 1.77. The molecule has 2 rings (SSSR count). The van der Waals surface area contributed by atoms with Crippen LogP contribution in [-0.2, 0) is 11.7 Å². The SMILES string of the molecule is [2H]C([2H])([2H])n1c(=O)c(C(=O)OCC)c(O)c2c(Cl)cccc21. The van der Waals surface area contributed by atoms with Crippen molar-refractivity contribution in [2.24, 2.45) is 6.98 Å². The summed E-state index contributed by atoms with van der Waals surface area (Å²) in [4.78, 5) is 24.3. The molecule has 1 aromatic carbocycles. The summed E-state index contributed by atoms with van der Waals surface area (Å²) in [5.74, 6) is -1.80. The Hall–Kier alpha value is -2.01. The minimum absolute atomic E-state index is 0.0125. The number of ether oxygens (including phenoxy) is 1. The molecule has 2 aromatic rings. The summed E-state index contributed by atoms with van der Waals surface area (Å²) in [5, 5.41) is 10.1. The van der Waals surface area contributed by atoms with E-state index in [-0.39, 0.29) is 22.5 Å². The van der Waals surface area contributed by atoms with E-state index >= 15 is 0 Å². The molecule has 0 unspecified atom stereocenters. The van der Waals surface area contributed by atoms with Crippen LogP contribution in [0.25, 0.3) is 10.9 Å². The summed E-state index contributed by atoms with van der Waals surface area (Å²) in [5.41, 5.74) is -2.01. The molecule has 0 radical (unpaired) electrons. The first-order valence-electron chi connectivity index (χ1n) is 6.94. The number of benzene rings is 1. The highest BCUT2D eigenvalue weighted by molar-refractivity contribution is 6.36. The number of halogens is 1. The van der Waals surface area contributed by atoms with Gasteiger partial charge in [-0.05, 0) is 19.1 Å². The van der Waals surface area contributed by atoms with Gasteiger partial charge < -0.3 is 14.4 Å². The van der Waals surface area contributed by atoms with Gasteiger partial charge in [-0.25, -0.2) is 4.79 Å². The van der Waals surface area contributed by atoms with Crippen LogP contribution < -0.4 is 5.56 Å². The number of hydrogen-bond acceptors (Lipinski definition) is 4. The van der Waals surface area contributed by atoms with E-state index in [1.165, 1.54) is 25.1 Å². The third-order valence-corrected chi connectivity index (χ3v) is 2.92. The minimum Gasteiger partial charge on any atom is -0.506 e. The highest BCUT2D eigenvalue weighted by atomic mass is 35.5. The molecule has 1 aromatic heterocycles. The topological polar surface area (TPSA) is 68.5 Å². The average Bonchev–Trinajstić information content (AvgIpc) is 2.37. The third kappa shape index (κ3) is 2.06. The number of hydrogen-bond donors (Lipinski definition) is 1. The van der Waals surface area contributed by atoms with Crippen LogP contribution in [0.4, 0.5) is 0 Å². The Morgan fingerprint density at radius 1 is 1.58 bits per heavy atom. The number of rotatable bonds is 2. The predicted octanol–water partition coefficient (Wildman–Crippen LogP) is 2.07. The van der Waals surface area contributed by atoms with Crippen LogP contribution in [-0.4, -0.2) is 22.2 Å². The number of nitrogens with zero attached hydrogens (tertiary/aromatic N) is 1. The van der Waals surface area contributed by atoms with Gasteiger partial charge in [0.15, 0.2) is 5.56 Å². The molecule has 0 bridgehead atoms. The Kier molecular flexibility index (Phi) is 2.56. The Labute approximate surface area is 118 Å². The van der Waals surface area contributed by atoms with E-state index < -0.39 is 29.8 Å². The number of aromatic hydroxyl groups is 1. The van der Waals surface area contributed by atoms with Gasteiger partial charge in [0.25, 0.3) is 5.56 Å². The van der Waals surface area contributed by atoms with Crippen LogP contribution in [0.3, 0.4) is 0 Å². The van der Waals surface area contributed by atoms with Gasteiger partial charge in [-0.2, -0.15) is 0 Å². The number of pyridine rings is 1. The number of esters is 1.